The maximum absolute atomic E-state index is 12.9. The molecular weight excluding hydrogens is 306 g/mol. The molecule has 0 spiro atoms. The maximum Gasteiger partial charge on any atom is 0.245 e. The van der Waals surface area contributed by atoms with Crippen LogP contribution in [0, 0.1) is 5.92 Å². The maximum atomic E-state index is 12.9. The van der Waals surface area contributed by atoms with Crippen LogP contribution in [0.1, 0.15) is 32.1 Å². The lowest BCUT2D eigenvalue weighted by Crippen LogP contribution is -2.47. The van der Waals surface area contributed by atoms with E-state index in [1.807, 2.05) is 17.0 Å². The van der Waals surface area contributed by atoms with Gasteiger partial charge in [-0.3, -0.25) is 14.6 Å². The molecule has 3 aliphatic rings. The fourth-order valence-corrected chi connectivity index (χ4v) is 3.68. The van der Waals surface area contributed by atoms with Crippen molar-refractivity contribution in [1.29, 1.82) is 0 Å². The summed E-state index contributed by atoms with van der Waals surface area (Å²) in [7, 11) is 0. The summed E-state index contributed by atoms with van der Waals surface area (Å²) in [5.74, 6) is 1.04. The first kappa shape index (κ1) is 15.4. The van der Waals surface area contributed by atoms with Crippen molar-refractivity contribution < 1.29 is 14.3 Å². The Balaban J connectivity index is 1.48. The minimum atomic E-state index is -0.363. The Kier molecular flexibility index (Phi) is 4.12. The van der Waals surface area contributed by atoms with Crippen molar-refractivity contribution in [1.82, 2.24) is 14.8 Å². The van der Waals surface area contributed by atoms with Crippen LogP contribution < -0.4 is 4.74 Å². The van der Waals surface area contributed by atoms with E-state index >= 15 is 0 Å². The highest BCUT2D eigenvalue weighted by Crippen LogP contribution is 2.35. The molecule has 2 amide bonds. The second-order valence-electron chi connectivity index (χ2n) is 6.98. The van der Waals surface area contributed by atoms with Crippen molar-refractivity contribution in [3.63, 3.8) is 0 Å². The first-order chi connectivity index (χ1) is 11.7. The smallest absolute Gasteiger partial charge is 0.245 e. The zero-order valence-corrected chi connectivity index (χ0v) is 13.8. The average Bonchev–Trinajstić information content (AvgIpc) is 3.15. The molecule has 4 rings (SSSR count). The van der Waals surface area contributed by atoms with Gasteiger partial charge in [0.15, 0.2) is 0 Å². The highest BCUT2D eigenvalue weighted by molar-refractivity contribution is 5.90. The van der Waals surface area contributed by atoms with Crippen LogP contribution in [0.15, 0.2) is 24.5 Å². The van der Waals surface area contributed by atoms with E-state index in [9.17, 15) is 9.59 Å². The number of carbonyl (C=O) groups excluding carboxylic acids is 2. The Bertz CT molecular complexity index is 611. The van der Waals surface area contributed by atoms with Gasteiger partial charge in [-0.05, 0) is 37.8 Å². The third-order valence-corrected chi connectivity index (χ3v) is 5.11. The monoisotopic (exact) mass is 329 g/mol. The Labute approximate surface area is 141 Å². The van der Waals surface area contributed by atoms with E-state index in [0.29, 0.717) is 18.7 Å². The Morgan fingerprint density at radius 2 is 1.96 bits per heavy atom. The molecule has 0 radical (unpaired) electrons. The summed E-state index contributed by atoms with van der Waals surface area (Å²) in [6.45, 7) is 2.12. The fraction of sp³-hybridized carbons (Fsp3) is 0.611. The van der Waals surface area contributed by atoms with Gasteiger partial charge in [-0.1, -0.05) is 0 Å². The SMILES string of the molecule is O=C([C@@H]1C[C@H](Oc2cccnc2)CN1C(=O)C1CC1)N1CCCC1. The zero-order valence-electron chi connectivity index (χ0n) is 13.8. The van der Waals surface area contributed by atoms with Crippen LogP contribution in [0.3, 0.4) is 0 Å². The van der Waals surface area contributed by atoms with Crippen LogP contribution in [0.5, 0.6) is 5.75 Å². The third-order valence-electron chi connectivity index (χ3n) is 5.11. The van der Waals surface area contributed by atoms with Gasteiger partial charge in [-0.25, -0.2) is 0 Å². The summed E-state index contributed by atoms with van der Waals surface area (Å²) in [5.41, 5.74) is 0. The summed E-state index contributed by atoms with van der Waals surface area (Å²) in [6, 6.07) is 3.32. The number of hydrogen-bond acceptors (Lipinski definition) is 4. The second kappa shape index (κ2) is 6.42. The highest BCUT2D eigenvalue weighted by Gasteiger charge is 2.46. The molecule has 1 aromatic heterocycles. The van der Waals surface area contributed by atoms with Crippen molar-refractivity contribution >= 4 is 11.8 Å². The first-order valence-corrected chi connectivity index (χ1v) is 8.88. The Morgan fingerprint density at radius 3 is 2.62 bits per heavy atom. The molecule has 1 saturated carbocycles. The average molecular weight is 329 g/mol. The van der Waals surface area contributed by atoms with E-state index in [4.69, 9.17) is 4.74 Å². The lowest BCUT2D eigenvalue weighted by molar-refractivity contribution is -0.143. The molecule has 2 atom stereocenters. The lowest BCUT2D eigenvalue weighted by Gasteiger charge is -2.27. The van der Waals surface area contributed by atoms with Gasteiger partial charge >= 0.3 is 0 Å². The third kappa shape index (κ3) is 3.09. The standard InChI is InChI=1S/C18H23N3O3/c22-17(13-5-6-13)21-12-15(24-14-4-3-7-19-11-14)10-16(21)18(23)20-8-1-2-9-20/h3-4,7,11,13,15-16H,1-2,5-6,8-10,12H2/t15-,16-/m0/s1. The van der Waals surface area contributed by atoms with Gasteiger partial charge in [-0.15, -0.1) is 0 Å². The van der Waals surface area contributed by atoms with Crippen LogP contribution in [0.4, 0.5) is 0 Å². The molecule has 1 aliphatic carbocycles. The molecule has 3 heterocycles. The second-order valence-corrected chi connectivity index (χ2v) is 6.98. The first-order valence-electron chi connectivity index (χ1n) is 8.88. The number of pyridine rings is 1. The highest BCUT2D eigenvalue weighted by atomic mass is 16.5. The molecule has 24 heavy (non-hydrogen) atoms. The summed E-state index contributed by atoms with van der Waals surface area (Å²) in [4.78, 5) is 33.2. The molecule has 128 valence electrons. The summed E-state index contributed by atoms with van der Waals surface area (Å²) in [6.07, 6.45) is 7.82. The Hall–Kier alpha value is -2.11. The molecule has 0 aromatic carbocycles. The van der Waals surface area contributed by atoms with E-state index in [1.165, 1.54) is 0 Å². The van der Waals surface area contributed by atoms with E-state index in [0.717, 1.165) is 38.8 Å². The summed E-state index contributed by atoms with van der Waals surface area (Å²) < 4.78 is 5.97. The molecular formula is C18H23N3O3. The molecule has 3 fully saturated rings. The predicted molar refractivity (Wildman–Crippen MR) is 87.3 cm³/mol. The van der Waals surface area contributed by atoms with E-state index < -0.39 is 0 Å². The van der Waals surface area contributed by atoms with Gasteiger partial charge in [0, 0.05) is 31.6 Å². The van der Waals surface area contributed by atoms with E-state index in [-0.39, 0.29) is 29.9 Å². The van der Waals surface area contributed by atoms with E-state index in [1.54, 1.807) is 17.3 Å². The van der Waals surface area contributed by atoms with Crippen LogP contribution in [0.25, 0.3) is 0 Å². The van der Waals surface area contributed by atoms with Crippen molar-refractivity contribution in [3.8, 4) is 5.75 Å². The van der Waals surface area contributed by atoms with Gasteiger partial charge in [0.2, 0.25) is 11.8 Å². The molecule has 0 unspecified atom stereocenters. The van der Waals surface area contributed by atoms with Gasteiger partial charge in [0.05, 0.1) is 12.7 Å². The van der Waals surface area contributed by atoms with E-state index in [2.05, 4.69) is 4.98 Å². The van der Waals surface area contributed by atoms with Gasteiger partial charge in [0.1, 0.15) is 17.9 Å². The topological polar surface area (TPSA) is 62.7 Å². The summed E-state index contributed by atoms with van der Waals surface area (Å²) in [5, 5.41) is 0. The zero-order chi connectivity index (χ0) is 16.5. The fourth-order valence-electron chi connectivity index (χ4n) is 3.68. The minimum Gasteiger partial charge on any atom is -0.487 e. The van der Waals surface area contributed by atoms with Crippen LogP contribution >= 0.6 is 0 Å². The minimum absolute atomic E-state index is 0.0961. The molecule has 2 aliphatic heterocycles. The molecule has 2 saturated heterocycles. The molecule has 6 nitrogen and oxygen atoms in total. The normalized spacial score (nSPS) is 26.7. The van der Waals surface area contributed by atoms with Gasteiger partial charge in [0.25, 0.3) is 0 Å². The quantitative estimate of drug-likeness (QED) is 0.839. The van der Waals surface area contributed by atoms with Crippen molar-refractivity contribution in [2.45, 2.75) is 44.2 Å². The number of carbonyl (C=O) groups is 2. The number of amides is 2. The number of nitrogens with zero attached hydrogens (tertiary/aromatic N) is 3. The molecule has 1 aromatic rings. The number of ether oxygens (including phenoxy) is 1. The molecule has 6 heteroatoms. The van der Waals surface area contributed by atoms with Crippen molar-refractivity contribution in [3.05, 3.63) is 24.5 Å². The van der Waals surface area contributed by atoms with Crippen LogP contribution in [-0.4, -0.2) is 58.4 Å². The molecule has 0 bridgehead atoms. The number of likely N-dealkylation sites (tertiary alicyclic amines) is 2. The van der Waals surface area contributed by atoms with Crippen LogP contribution in [-0.2, 0) is 9.59 Å². The van der Waals surface area contributed by atoms with Gasteiger partial charge < -0.3 is 14.5 Å². The Morgan fingerprint density at radius 1 is 1.17 bits per heavy atom. The molecule has 0 N–H and O–H groups in total. The predicted octanol–water partition coefficient (Wildman–Crippen LogP) is 1.46. The lowest BCUT2D eigenvalue weighted by atomic mass is 10.1. The van der Waals surface area contributed by atoms with Crippen molar-refractivity contribution in [2.24, 2.45) is 5.92 Å². The van der Waals surface area contributed by atoms with Gasteiger partial charge in [-0.2, -0.15) is 0 Å². The largest absolute Gasteiger partial charge is 0.487 e. The number of hydrogen-bond donors (Lipinski definition) is 0. The van der Waals surface area contributed by atoms with Crippen LogP contribution in [0.2, 0.25) is 0 Å². The van der Waals surface area contributed by atoms with Crippen molar-refractivity contribution in [2.75, 3.05) is 19.6 Å². The number of rotatable bonds is 4. The number of aromatic nitrogens is 1. The summed E-state index contributed by atoms with van der Waals surface area (Å²) >= 11 is 0.